The van der Waals surface area contributed by atoms with Crippen LogP contribution in [0.15, 0.2) is 30.3 Å². The Morgan fingerprint density at radius 1 is 1.43 bits per heavy atom. The first-order chi connectivity index (χ1) is 6.72. The lowest BCUT2D eigenvalue weighted by molar-refractivity contribution is 0.232. The molecule has 0 amide bonds. The maximum atomic E-state index is 5.58. The van der Waals surface area contributed by atoms with E-state index in [4.69, 9.17) is 16.3 Å². The molecule has 14 heavy (non-hydrogen) atoms. The van der Waals surface area contributed by atoms with Gasteiger partial charge in [0.1, 0.15) is 6.13 Å². The Morgan fingerprint density at radius 2 is 2.07 bits per heavy atom. The molecule has 0 aliphatic carbocycles. The van der Waals surface area contributed by atoms with Gasteiger partial charge in [0.25, 0.3) is 0 Å². The minimum Gasteiger partial charge on any atom is -0.341 e. The summed E-state index contributed by atoms with van der Waals surface area (Å²) in [5, 5.41) is 0. The van der Waals surface area contributed by atoms with Crippen molar-refractivity contribution in [3.63, 3.8) is 0 Å². The summed E-state index contributed by atoms with van der Waals surface area (Å²) in [6.45, 7) is 2.11. The maximum Gasteiger partial charge on any atom is 0.105 e. The highest BCUT2D eigenvalue weighted by Gasteiger charge is 2.07. The Bertz CT molecular complexity index is 289. The summed E-state index contributed by atoms with van der Waals surface area (Å²) in [4.78, 5) is 0. The lowest BCUT2D eigenvalue weighted by Gasteiger charge is -2.15. The molecule has 0 aliphatic heterocycles. The summed E-state index contributed by atoms with van der Waals surface area (Å²) in [7, 11) is 0. The molecule has 2 unspecified atom stereocenters. The highest BCUT2D eigenvalue weighted by Crippen LogP contribution is 2.31. The van der Waals surface area contributed by atoms with E-state index in [0.29, 0.717) is 0 Å². The number of hydrogen-bond donors (Lipinski definition) is 1. The molecule has 2 atom stereocenters. The number of thiol groups is 1. The van der Waals surface area contributed by atoms with Crippen molar-refractivity contribution < 1.29 is 4.52 Å². The molecule has 4 heteroatoms. The molecule has 0 N–H and O–H groups in total. The average molecular weight is 246 g/mol. The van der Waals surface area contributed by atoms with Gasteiger partial charge in [-0.1, -0.05) is 49.1 Å². The fourth-order valence-corrected chi connectivity index (χ4v) is 2.68. The summed E-state index contributed by atoms with van der Waals surface area (Å²) in [6, 6.07) is 10.3. The topological polar surface area (TPSA) is 9.23 Å². The van der Waals surface area contributed by atoms with Gasteiger partial charge in [-0.25, -0.2) is 0 Å². The third-order valence-corrected chi connectivity index (χ3v) is 3.17. The van der Waals surface area contributed by atoms with Crippen molar-refractivity contribution in [1.82, 2.24) is 0 Å². The first kappa shape index (κ1) is 12.3. The van der Waals surface area contributed by atoms with E-state index in [2.05, 4.69) is 31.3 Å². The Kier molecular flexibility index (Phi) is 5.80. The van der Waals surface area contributed by atoms with Crippen LogP contribution >= 0.6 is 18.4 Å². The van der Waals surface area contributed by atoms with Crippen LogP contribution in [0, 0.1) is 0 Å². The highest BCUT2D eigenvalue weighted by molar-refractivity contribution is 8.54. The van der Waals surface area contributed by atoms with Gasteiger partial charge in [0.05, 0.1) is 6.10 Å². The molecule has 0 heterocycles. The first-order valence-corrected chi connectivity index (χ1v) is 8.49. The monoisotopic (exact) mass is 246 g/mol. The van der Waals surface area contributed by atoms with Gasteiger partial charge in [-0.2, -0.15) is 0 Å². The summed E-state index contributed by atoms with van der Waals surface area (Å²) in [6.07, 6.45) is 0.856. The third kappa shape index (κ3) is 4.61. The van der Waals surface area contributed by atoms with Crippen LogP contribution in [-0.2, 0) is 22.8 Å². The molecule has 0 saturated carbocycles. The molecule has 0 fully saturated rings. The second-order valence-corrected chi connectivity index (χ2v) is 7.11. The van der Waals surface area contributed by atoms with E-state index < -0.39 is 6.13 Å². The van der Waals surface area contributed by atoms with Crippen LogP contribution in [0.5, 0.6) is 0 Å². The Balaban J connectivity index is 2.53. The number of hydrogen-bond acceptors (Lipinski definition) is 2. The van der Waals surface area contributed by atoms with Crippen LogP contribution in [0.25, 0.3) is 0 Å². The average Bonchev–Trinajstić information content (AvgIpc) is 2.17. The fraction of sp³-hybridized carbons (Fsp3) is 0.400. The molecule has 1 aromatic carbocycles. The molecule has 1 aromatic rings. The normalized spacial score (nSPS) is 15.0. The van der Waals surface area contributed by atoms with E-state index in [1.807, 2.05) is 18.2 Å². The number of benzene rings is 1. The van der Waals surface area contributed by atoms with Crippen molar-refractivity contribution >= 4 is 30.2 Å². The van der Waals surface area contributed by atoms with Crippen molar-refractivity contribution in [3.05, 3.63) is 35.9 Å². The second-order valence-electron chi connectivity index (χ2n) is 3.10. The van der Waals surface area contributed by atoms with Crippen LogP contribution in [0.1, 0.15) is 18.9 Å². The number of rotatable bonds is 5. The van der Waals surface area contributed by atoms with Crippen LogP contribution in [0.2, 0.25) is 0 Å². The van der Waals surface area contributed by atoms with Crippen LogP contribution in [-0.4, -0.2) is 6.10 Å². The van der Waals surface area contributed by atoms with E-state index >= 15 is 0 Å². The summed E-state index contributed by atoms with van der Waals surface area (Å²) in [5.74, 6) is 0. The zero-order valence-electron chi connectivity index (χ0n) is 8.14. The van der Waals surface area contributed by atoms with E-state index in [1.165, 1.54) is 5.56 Å². The van der Waals surface area contributed by atoms with Gasteiger partial charge in [-0.15, -0.1) is 12.2 Å². The zero-order valence-corrected chi connectivity index (χ0v) is 10.9. The Morgan fingerprint density at radius 3 is 2.57 bits per heavy atom. The minimum absolute atomic E-state index is 0.223. The molecular weight excluding hydrogens is 231 g/mol. The quantitative estimate of drug-likeness (QED) is 0.629. The molecule has 1 rings (SSSR count). The summed E-state index contributed by atoms with van der Waals surface area (Å²) < 4.78 is 5.58. The third-order valence-electron chi connectivity index (χ3n) is 2.03. The zero-order chi connectivity index (χ0) is 10.4. The molecule has 0 bridgehead atoms. The van der Waals surface area contributed by atoms with Gasteiger partial charge in [0.2, 0.25) is 0 Å². The fourth-order valence-electron chi connectivity index (χ4n) is 1.29. The first-order valence-electron chi connectivity index (χ1n) is 4.66. The molecule has 0 saturated heterocycles. The smallest absolute Gasteiger partial charge is 0.105 e. The maximum absolute atomic E-state index is 5.58. The largest absolute Gasteiger partial charge is 0.341 e. The van der Waals surface area contributed by atoms with E-state index in [0.717, 1.165) is 12.8 Å². The predicted molar refractivity (Wildman–Crippen MR) is 70.0 cm³/mol. The second kappa shape index (κ2) is 6.62. The lowest BCUT2D eigenvalue weighted by atomic mass is 10.1. The van der Waals surface area contributed by atoms with E-state index in [1.54, 1.807) is 0 Å². The summed E-state index contributed by atoms with van der Waals surface area (Å²) >= 11 is 9.13. The molecular formula is C10H15OPS2. The molecule has 1 nitrogen and oxygen atoms in total. The van der Waals surface area contributed by atoms with Crippen molar-refractivity contribution in [2.75, 3.05) is 0 Å². The predicted octanol–water partition coefficient (Wildman–Crippen LogP) is 3.46. The SMILES string of the molecule is CCC(Cc1ccccc1)O[PH](=S)S. The molecule has 78 valence electrons. The van der Waals surface area contributed by atoms with E-state index in [9.17, 15) is 0 Å². The van der Waals surface area contributed by atoms with Crippen molar-refractivity contribution in [1.29, 1.82) is 0 Å². The summed E-state index contributed by atoms with van der Waals surface area (Å²) in [5.41, 5.74) is 1.30. The van der Waals surface area contributed by atoms with Gasteiger partial charge in [0.15, 0.2) is 0 Å². The molecule has 0 aliphatic rings. The van der Waals surface area contributed by atoms with E-state index in [-0.39, 0.29) is 6.10 Å². The van der Waals surface area contributed by atoms with Gasteiger partial charge in [0, 0.05) is 0 Å². The van der Waals surface area contributed by atoms with Crippen LogP contribution in [0.3, 0.4) is 0 Å². The standard InChI is InChI=1S/C10H15OPS2/c1-2-10(11-12(13)14)8-9-6-4-3-5-7-9/h3-7,10,12H,2,8H2,1H3,(H,13,14). The van der Waals surface area contributed by atoms with Crippen molar-refractivity contribution in [3.8, 4) is 0 Å². The van der Waals surface area contributed by atoms with Gasteiger partial charge in [-0.3, -0.25) is 0 Å². The van der Waals surface area contributed by atoms with Crippen LogP contribution < -0.4 is 0 Å². The van der Waals surface area contributed by atoms with Crippen molar-refractivity contribution in [2.24, 2.45) is 0 Å². The molecule has 0 aromatic heterocycles. The lowest BCUT2D eigenvalue weighted by Crippen LogP contribution is -2.10. The Labute approximate surface area is 96.5 Å². The van der Waals surface area contributed by atoms with Gasteiger partial charge >= 0.3 is 0 Å². The highest BCUT2D eigenvalue weighted by atomic mass is 32.9. The minimum atomic E-state index is -1.29. The molecule has 0 radical (unpaired) electrons. The van der Waals surface area contributed by atoms with Gasteiger partial charge < -0.3 is 4.52 Å². The van der Waals surface area contributed by atoms with Crippen molar-refractivity contribution in [2.45, 2.75) is 25.9 Å². The van der Waals surface area contributed by atoms with Gasteiger partial charge in [-0.05, 0) is 18.4 Å². The molecule has 0 spiro atoms. The Hall–Kier alpha value is 0.180. The van der Waals surface area contributed by atoms with Crippen LogP contribution in [0.4, 0.5) is 0 Å².